The minimum atomic E-state index is -1.02. The van der Waals surface area contributed by atoms with Gasteiger partial charge in [-0.3, -0.25) is 9.20 Å². The highest BCUT2D eigenvalue weighted by atomic mass is 32.2. The van der Waals surface area contributed by atoms with Gasteiger partial charge in [0, 0.05) is 43.8 Å². The summed E-state index contributed by atoms with van der Waals surface area (Å²) in [6.07, 6.45) is 9.26. The lowest BCUT2D eigenvalue weighted by Crippen LogP contribution is -2.38. The Morgan fingerprint density at radius 2 is 2.00 bits per heavy atom. The van der Waals surface area contributed by atoms with Gasteiger partial charge in [-0.2, -0.15) is 4.98 Å². The summed E-state index contributed by atoms with van der Waals surface area (Å²) in [5.41, 5.74) is 3.58. The fourth-order valence-corrected chi connectivity index (χ4v) is 4.79. The molecule has 1 amide bonds. The van der Waals surface area contributed by atoms with Gasteiger partial charge >= 0.3 is 0 Å². The summed E-state index contributed by atoms with van der Waals surface area (Å²) in [6.45, 7) is 3.79. The molecule has 12 heteroatoms. The maximum atomic E-state index is 12.6. The van der Waals surface area contributed by atoms with E-state index in [1.54, 1.807) is 29.3 Å². The van der Waals surface area contributed by atoms with Crippen molar-refractivity contribution in [1.29, 1.82) is 0 Å². The molecule has 184 valence electrons. The summed E-state index contributed by atoms with van der Waals surface area (Å²) in [5, 5.41) is 7.40. The Morgan fingerprint density at radius 1 is 1.14 bits per heavy atom. The zero-order chi connectivity index (χ0) is 25.1. The third kappa shape index (κ3) is 4.95. The first-order chi connectivity index (χ1) is 17.5. The molecule has 1 N–H and O–H groups in total. The van der Waals surface area contributed by atoms with Crippen LogP contribution in [-0.2, 0) is 18.0 Å². The van der Waals surface area contributed by atoms with Crippen LogP contribution in [0.2, 0.25) is 0 Å². The maximum absolute atomic E-state index is 12.6. The van der Waals surface area contributed by atoms with Crippen molar-refractivity contribution < 1.29 is 13.5 Å². The third-order valence-electron chi connectivity index (χ3n) is 5.66. The number of fused-ring (bicyclic) bond motifs is 1. The molecule has 1 aliphatic rings. The van der Waals surface area contributed by atoms with Gasteiger partial charge in [-0.1, -0.05) is 23.4 Å². The van der Waals surface area contributed by atoms with E-state index in [9.17, 15) is 9.00 Å². The molecule has 11 nitrogen and oxygen atoms in total. The van der Waals surface area contributed by atoms with E-state index in [0.717, 1.165) is 36.3 Å². The summed E-state index contributed by atoms with van der Waals surface area (Å²) in [5.74, 6) is 0.238. The number of aromatic nitrogens is 6. The largest absolute Gasteiger partial charge is 0.342 e. The van der Waals surface area contributed by atoms with Crippen molar-refractivity contribution in [3.63, 3.8) is 0 Å². The molecule has 1 saturated heterocycles. The van der Waals surface area contributed by atoms with E-state index in [4.69, 9.17) is 4.52 Å². The molecule has 0 bridgehead atoms. The molecule has 5 aromatic rings. The van der Waals surface area contributed by atoms with Crippen molar-refractivity contribution >= 4 is 28.2 Å². The third-order valence-corrected chi connectivity index (χ3v) is 7.07. The number of aryl methyl sites for hydroxylation is 2. The van der Waals surface area contributed by atoms with Crippen molar-refractivity contribution in [2.75, 3.05) is 18.4 Å². The first-order valence-electron chi connectivity index (χ1n) is 11.3. The number of rotatable bonds is 5. The average Bonchev–Trinajstić information content (AvgIpc) is 3.60. The number of carbonyl (C=O) groups is 1. The second-order valence-electron chi connectivity index (χ2n) is 8.22. The number of nitrogens with one attached hydrogen (secondary N) is 1. The van der Waals surface area contributed by atoms with Gasteiger partial charge in [0.25, 0.3) is 5.91 Å². The minimum absolute atomic E-state index is 0.234. The number of imidazole rings is 2. The summed E-state index contributed by atoms with van der Waals surface area (Å²) >= 11 is 0. The SMILES string of the molecule is Cc1ccc(-c2ncon2)cc1NC(=O)c1cnc2ccccn12.Cn1cnc(S(=O)N2CCC2)c1. The molecular formula is C24H24N8O3S. The maximum Gasteiger partial charge on any atom is 0.274 e. The van der Waals surface area contributed by atoms with Crippen molar-refractivity contribution in [3.05, 3.63) is 79.0 Å². The molecular weight excluding hydrogens is 480 g/mol. The molecule has 4 aromatic heterocycles. The Bertz CT molecular complexity index is 1520. The fourth-order valence-electron chi connectivity index (χ4n) is 3.54. The molecule has 1 unspecified atom stereocenters. The first kappa shape index (κ1) is 23.6. The van der Waals surface area contributed by atoms with Gasteiger partial charge in [-0.05, 0) is 37.1 Å². The van der Waals surface area contributed by atoms with E-state index >= 15 is 0 Å². The van der Waals surface area contributed by atoms with Crippen molar-refractivity contribution in [2.24, 2.45) is 7.05 Å². The fraction of sp³-hybridized carbons (Fsp3) is 0.208. The van der Waals surface area contributed by atoms with Crippen LogP contribution in [-0.4, -0.2) is 56.6 Å². The molecule has 0 radical (unpaired) electrons. The van der Waals surface area contributed by atoms with Crippen LogP contribution in [0, 0.1) is 6.92 Å². The molecule has 1 atom stereocenters. The highest BCUT2D eigenvalue weighted by Crippen LogP contribution is 2.23. The number of anilines is 1. The molecule has 0 saturated carbocycles. The summed E-state index contributed by atoms with van der Waals surface area (Å²) in [6, 6.07) is 11.2. The predicted octanol–water partition coefficient (Wildman–Crippen LogP) is 3.09. The van der Waals surface area contributed by atoms with E-state index < -0.39 is 11.0 Å². The van der Waals surface area contributed by atoms with E-state index in [0.29, 0.717) is 22.2 Å². The van der Waals surface area contributed by atoms with Crippen LogP contribution < -0.4 is 5.32 Å². The Morgan fingerprint density at radius 3 is 2.69 bits per heavy atom. The van der Waals surface area contributed by atoms with E-state index in [1.165, 1.54) is 6.39 Å². The first-order valence-corrected chi connectivity index (χ1v) is 12.4. The van der Waals surface area contributed by atoms with Crippen molar-refractivity contribution in [2.45, 2.75) is 18.4 Å². The van der Waals surface area contributed by atoms with Crippen LogP contribution in [0.4, 0.5) is 5.69 Å². The van der Waals surface area contributed by atoms with E-state index in [1.807, 2.05) is 59.2 Å². The minimum Gasteiger partial charge on any atom is -0.342 e. The van der Waals surface area contributed by atoms with Crippen LogP contribution in [0.1, 0.15) is 22.5 Å². The number of hydrogen-bond acceptors (Lipinski definition) is 7. The summed E-state index contributed by atoms with van der Waals surface area (Å²) in [4.78, 5) is 24.9. The van der Waals surface area contributed by atoms with Gasteiger partial charge in [-0.25, -0.2) is 18.5 Å². The van der Waals surface area contributed by atoms with Gasteiger partial charge < -0.3 is 14.4 Å². The highest BCUT2D eigenvalue weighted by molar-refractivity contribution is 7.82. The number of benzene rings is 1. The Kier molecular flexibility index (Phi) is 6.69. The Hall–Kier alpha value is -4.16. The lowest BCUT2D eigenvalue weighted by Gasteiger charge is -2.27. The topological polar surface area (TPSA) is 123 Å². The normalized spacial score (nSPS) is 14.1. The standard InChI is InChI=1S/C17H13N5O2.C7H11N3OS/c1-11-5-6-12(16-19-10-24-21-16)8-13(11)20-17(23)14-9-18-15-4-2-3-7-22(14)15;1-9-5-7(8-6-9)12(11)10-3-2-4-10/h2-10H,1H3,(H,20,23);5-6H,2-4H2,1H3. The van der Waals surface area contributed by atoms with Crippen LogP contribution in [0.15, 0.2) is 77.3 Å². The second-order valence-corrected chi connectivity index (χ2v) is 9.65. The quantitative estimate of drug-likeness (QED) is 0.390. The molecule has 36 heavy (non-hydrogen) atoms. The van der Waals surface area contributed by atoms with Crippen molar-refractivity contribution in [3.8, 4) is 11.4 Å². The lowest BCUT2D eigenvalue weighted by molar-refractivity contribution is 0.102. The van der Waals surface area contributed by atoms with Gasteiger partial charge in [0.15, 0.2) is 5.03 Å². The monoisotopic (exact) mass is 504 g/mol. The molecule has 6 rings (SSSR count). The number of carbonyl (C=O) groups excluding carboxylic acids is 1. The number of hydrogen-bond donors (Lipinski definition) is 1. The Balaban J connectivity index is 0.000000186. The zero-order valence-electron chi connectivity index (χ0n) is 19.7. The number of pyridine rings is 1. The molecule has 1 aliphatic heterocycles. The van der Waals surface area contributed by atoms with Gasteiger partial charge in [-0.15, -0.1) is 0 Å². The van der Waals surface area contributed by atoms with Gasteiger partial charge in [0.2, 0.25) is 12.2 Å². The van der Waals surface area contributed by atoms with Crippen LogP contribution in [0.3, 0.4) is 0 Å². The molecule has 0 spiro atoms. The molecule has 5 heterocycles. The average molecular weight is 505 g/mol. The van der Waals surface area contributed by atoms with Crippen LogP contribution in [0.5, 0.6) is 0 Å². The van der Waals surface area contributed by atoms with E-state index in [2.05, 4.69) is 25.4 Å². The molecule has 1 aromatic carbocycles. The Labute approximate surface area is 209 Å². The second kappa shape index (κ2) is 10.2. The molecule has 0 aliphatic carbocycles. The van der Waals surface area contributed by atoms with Gasteiger partial charge in [0.1, 0.15) is 22.3 Å². The molecule has 1 fully saturated rings. The highest BCUT2D eigenvalue weighted by Gasteiger charge is 2.22. The lowest BCUT2D eigenvalue weighted by atomic mass is 10.1. The van der Waals surface area contributed by atoms with Crippen molar-refractivity contribution in [1.82, 2.24) is 33.4 Å². The smallest absolute Gasteiger partial charge is 0.274 e. The predicted molar refractivity (Wildman–Crippen MR) is 133 cm³/mol. The number of nitrogens with zero attached hydrogens (tertiary/aromatic N) is 7. The number of amides is 1. The zero-order valence-corrected chi connectivity index (χ0v) is 20.6. The van der Waals surface area contributed by atoms with Crippen LogP contribution in [0.25, 0.3) is 17.0 Å². The van der Waals surface area contributed by atoms with E-state index in [-0.39, 0.29) is 5.91 Å². The van der Waals surface area contributed by atoms with Gasteiger partial charge in [0.05, 0.1) is 12.5 Å². The van der Waals surface area contributed by atoms with Crippen LogP contribution >= 0.6 is 0 Å². The summed E-state index contributed by atoms with van der Waals surface area (Å²) in [7, 11) is 0.860. The summed E-state index contributed by atoms with van der Waals surface area (Å²) < 4.78 is 21.8.